The van der Waals surface area contributed by atoms with Gasteiger partial charge in [0.25, 0.3) is 11.5 Å². The van der Waals surface area contributed by atoms with Gasteiger partial charge in [-0.1, -0.05) is 18.2 Å². The molecule has 0 spiro atoms. The van der Waals surface area contributed by atoms with Crippen LogP contribution >= 0.6 is 0 Å². The van der Waals surface area contributed by atoms with E-state index in [0.29, 0.717) is 17.8 Å². The zero-order valence-electron chi connectivity index (χ0n) is 15.5. The Labute approximate surface area is 152 Å². The zero-order valence-corrected chi connectivity index (χ0v) is 15.5. The molecule has 0 saturated carbocycles. The van der Waals surface area contributed by atoms with E-state index in [4.69, 9.17) is 0 Å². The first-order chi connectivity index (χ1) is 12.4. The number of carbonyl (C=O) groups excluding carboxylic acids is 1. The van der Waals surface area contributed by atoms with Gasteiger partial charge in [-0.2, -0.15) is 0 Å². The minimum Gasteiger partial charge on any atom is -0.359 e. The topological polar surface area (TPSA) is 70.1 Å². The number of nitrogens with zero attached hydrogens (tertiary/aromatic N) is 2. The Hall–Kier alpha value is -2.86. The molecule has 6 heteroatoms. The van der Waals surface area contributed by atoms with Gasteiger partial charge in [0.05, 0.1) is 5.69 Å². The maximum Gasteiger partial charge on any atom is 0.263 e. The van der Waals surface area contributed by atoms with Crippen molar-refractivity contribution in [1.82, 2.24) is 14.5 Å². The molecule has 0 radical (unpaired) electrons. The van der Waals surface area contributed by atoms with Crippen LogP contribution in [0.1, 0.15) is 28.9 Å². The molecule has 1 amide bonds. The number of hydrogen-bond donors (Lipinski definition) is 2. The normalized spacial score (nSPS) is 12.5. The lowest BCUT2D eigenvalue weighted by atomic mass is 10.1. The number of anilines is 1. The Bertz CT molecular complexity index is 1000. The van der Waals surface area contributed by atoms with Crippen molar-refractivity contribution in [1.29, 1.82) is 0 Å². The van der Waals surface area contributed by atoms with Gasteiger partial charge in [-0.25, -0.2) is 0 Å². The minimum atomic E-state index is -0.386. The summed E-state index contributed by atoms with van der Waals surface area (Å²) in [6.45, 7) is 4.47. The molecule has 1 aromatic carbocycles. The molecule has 0 saturated heterocycles. The summed E-state index contributed by atoms with van der Waals surface area (Å²) in [5.41, 5.74) is 2.19. The monoisotopic (exact) mass is 352 g/mol. The molecule has 6 nitrogen and oxygen atoms in total. The van der Waals surface area contributed by atoms with Gasteiger partial charge in [0, 0.05) is 35.9 Å². The first-order valence-electron chi connectivity index (χ1n) is 8.62. The quantitative estimate of drug-likeness (QED) is 0.741. The summed E-state index contributed by atoms with van der Waals surface area (Å²) in [4.78, 5) is 30.9. The number of fused-ring (bicyclic) bond motifs is 1. The molecule has 1 atom stereocenters. The molecule has 26 heavy (non-hydrogen) atoms. The van der Waals surface area contributed by atoms with E-state index in [1.807, 2.05) is 56.3 Å². The molecule has 0 bridgehead atoms. The fraction of sp³-hybridized carbons (Fsp3) is 0.300. The highest BCUT2D eigenvalue weighted by atomic mass is 16.2. The number of aromatic nitrogens is 2. The van der Waals surface area contributed by atoms with Crippen molar-refractivity contribution >= 4 is 22.5 Å². The average molecular weight is 352 g/mol. The van der Waals surface area contributed by atoms with Gasteiger partial charge >= 0.3 is 0 Å². The van der Waals surface area contributed by atoms with E-state index in [1.54, 1.807) is 23.9 Å². The molecule has 136 valence electrons. The molecule has 1 unspecified atom stereocenters. The molecule has 0 aliphatic rings. The van der Waals surface area contributed by atoms with E-state index in [-0.39, 0.29) is 23.1 Å². The number of likely N-dealkylation sites (N-methyl/N-ethyl adjacent to an activating group) is 1. The van der Waals surface area contributed by atoms with Crippen LogP contribution in [0.2, 0.25) is 0 Å². The van der Waals surface area contributed by atoms with Gasteiger partial charge in [0.2, 0.25) is 0 Å². The van der Waals surface area contributed by atoms with E-state index < -0.39 is 0 Å². The van der Waals surface area contributed by atoms with Crippen molar-refractivity contribution in [3.63, 3.8) is 0 Å². The Morgan fingerprint density at radius 2 is 2.00 bits per heavy atom. The zero-order chi connectivity index (χ0) is 18.8. The van der Waals surface area contributed by atoms with Crippen LogP contribution in [0.5, 0.6) is 0 Å². The van der Waals surface area contributed by atoms with Crippen LogP contribution in [0.15, 0.2) is 47.5 Å². The number of nitrogens with one attached hydrogen (secondary N) is 2. The molecular weight excluding hydrogens is 328 g/mol. The summed E-state index contributed by atoms with van der Waals surface area (Å²) in [6.07, 6.45) is 3.50. The summed E-state index contributed by atoms with van der Waals surface area (Å²) in [5.74, 6) is -0.386. The molecule has 3 rings (SSSR count). The summed E-state index contributed by atoms with van der Waals surface area (Å²) in [6, 6.07) is 9.49. The molecule has 2 N–H and O–H groups in total. The van der Waals surface area contributed by atoms with Crippen molar-refractivity contribution in [2.75, 3.05) is 26.0 Å². The summed E-state index contributed by atoms with van der Waals surface area (Å²) in [5, 5.41) is 3.79. The minimum absolute atomic E-state index is 0.0299. The highest BCUT2D eigenvalue weighted by Gasteiger charge is 2.19. The fourth-order valence-electron chi connectivity index (χ4n) is 3.24. The molecule has 0 aliphatic carbocycles. The lowest BCUT2D eigenvalue weighted by Gasteiger charge is -2.20. The predicted molar refractivity (Wildman–Crippen MR) is 105 cm³/mol. The Morgan fingerprint density at radius 1 is 1.27 bits per heavy atom. The summed E-state index contributed by atoms with van der Waals surface area (Å²) >= 11 is 0. The Kier molecular flexibility index (Phi) is 4.95. The third-order valence-electron chi connectivity index (χ3n) is 4.50. The number of para-hydroxylation sites is 1. The number of aromatic amines is 1. The standard InChI is InChI=1S/C20H24N4O2/c1-13-9-10-24(14(2)12-23(3)4)20(26)18(13)19(25)22-17-11-21-16-8-6-5-7-15(16)17/h5-11,14,21H,12H2,1-4H3,(H,22,25). The van der Waals surface area contributed by atoms with E-state index in [1.165, 1.54) is 0 Å². The number of rotatable bonds is 5. The second-order valence-electron chi connectivity index (χ2n) is 6.90. The van der Waals surface area contributed by atoms with Gasteiger partial charge in [-0.15, -0.1) is 0 Å². The van der Waals surface area contributed by atoms with Crippen molar-refractivity contribution in [3.05, 3.63) is 64.2 Å². The van der Waals surface area contributed by atoms with E-state index in [9.17, 15) is 9.59 Å². The maximum absolute atomic E-state index is 12.9. The average Bonchev–Trinajstić information content (AvgIpc) is 2.97. The van der Waals surface area contributed by atoms with Gasteiger partial charge in [-0.05, 0) is 45.6 Å². The molecular formula is C20H24N4O2. The summed E-state index contributed by atoms with van der Waals surface area (Å²) < 4.78 is 1.62. The van der Waals surface area contributed by atoms with Crippen LogP contribution in [0.3, 0.4) is 0 Å². The van der Waals surface area contributed by atoms with Gasteiger partial charge in [-0.3, -0.25) is 9.59 Å². The van der Waals surface area contributed by atoms with E-state index in [2.05, 4.69) is 10.3 Å². The highest BCUT2D eigenvalue weighted by molar-refractivity contribution is 6.09. The van der Waals surface area contributed by atoms with Crippen LogP contribution in [0, 0.1) is 6.92 Å². The first kappa shape index (κ1) is 17.9. The molecule has 2 aromatic heterocycles. The van der Waals surface area contributed by atoms with E-state index >= 15 is 0 Å². The van der Waals surface area contributed by atoms with E-state index in [0.717, 1.165) is 10.9 Å². The number of amides is 1. The third-order valence-corrected chi connectivity index (χ3v) is 4.50. The molecule has 3 aromatic rings. The molecule has 2 heterocycles. The Morgan fingerprint density at radius 3 is 2.73 bits per heavy atom. The van der Waals surface area contributed by atoms with Crippen molar-refractivity contribution in [3.8, 4) is 0 Å². The van der Waals surface area contributed by atoms with Gasteiger partial charge in [0.15, 0.2) is 0 Å². The second-order valence-corrected chi connectivity index (χ2v) is 6.90. The maximum atomic E-state index is 12.9. The lowest BCUT2D eigenvalue weighted by Crippen LogP contribution is -2.34. The number of hydrogen-bond acceptors (Lipinski definition) is 3. The van der Waals surface area contributed by atoms with Crippen molar-refractivity contribution in [2.45, 2.75) is 19.9 Å². The largest absolute Gasteiger partial charge is 0.359 e. The second kappa shape index (κ2) is 7.17. The lowest BCUT2D eigenvalue weighted by molar-refractivity contribution is 0.102. The fourth-order valence-corrected chi connectivity index (χ4v) is 3.24. The SMILES string of the molecule is Cc1ccn(C(C)CN(C)C)c(=O)c1C(=O)Nc1c[nH]c2ccccc12. The number of pyridine rings is 1. The number of benzene rings is 1. The molecule has 0 fully saturated rings. The summed E-state index contributed by atoms with van der Waals surface area (Å²) in [7, 11) is 3.92. The third kappa shape index (κ3) is 3.41. The van der Waals surface area contributed by atoms with Crippen molar-refractivity contribution < 1.29 is 4.79 Å². The highest BCUT2D eigenvalue weighted by Crippen LogP contribution is 2.23. The number of aryl methyl sites for hydroxylation is 1. The Balaban J connectivity index is 1.95. The molecule has 0 aliphatic heterocycles. The van der Waals surface area contributed by atoms with Crippen LogP contribution < -0.4 is 10.9 Å². The van der Waals surface area contributed by atoms with Crippen molar-refractivity contribution in [2.24, 2.45) is 0 Å². The van der Waals surface area contributed by atoms with Gasteiger partial charge < -0.3 is 19.8 Å². The smallest absolute Gasteiger partial charge is 0.263 e. The van der Waals surface area contributed by atoms with Crippen LogP contribution in [-0.4, -0.2) is 41.0 Å². The first-order valence-corrected chi connectivity index (χ1v) is 8.62. The van der Waals surface area contributed by atoms with Gasteiger partial charge in [0.1, 0.15) is 5.56 Å². The predicted octanol–water partition coefficient (Wildman–Crippen LogP) is 3.01. The number of H-pyrrole nitrogens is 1. The number of carbonyl (C=O) groups is 1. The van der Waals surface area contributed by atoms with Crippen LogP contribution in [0.4, 0.5) is 5.69 Å². The van der Waals surface area contributed by atoms with Crippen LogP contribution in [-0.2, 0) is 0 Å². The van der Waals surface area contributed by atoms with Crippen LogP contribution in [0.25, 0.3) is 10.9 Å².